The zero-order chi connectivity index (χ0) is 10.8. The van der Waals surface area contributed by atoms with Crippen molar-refractivity contribution in [2.45, 2.75) is 25.4 Å². The van der Waals surface area contributed by atoms with E-state index in [4.69, 9.17) is 16.7 Å². The van der Waals surface area contributed by atoms with Crippen LogP contribution < -0.4 is 0 Å². The third-order valence-electron chi connectivity index (χ3n) is 2.00. The van der Waals surface area contributed by atoms with Crippen molar-refractivity contribution in [2.24, 2.45) is 0 Å². The lowest BCUT2D eigenvalue weighted by molar-refractivity contribution is -0.0982. The maximum Gasteiger partial charge on any atom is 0.277 e. The van der Waals surface area contributed by atoms with Crippen molar-refractivity contribution in [1.29, 1.82) is 0 Å². The molecule has 1 aromatic carbocycles. The van der Waals surface area contributed by atoms with Crippen LogP contribution in [0, 0.1) is 0 Å². The van der Waals surface area contributed by atoms with E-state index >= 15 is 0 Å². The lowest BCUT2D eigenvalue weighted by Gasteiger charge is -2.19. The molecule has 0 saturated carbocycles. The molecular weight excluding hydrogens is 210 g/mol. The van der Waals surface area contributed by atoms with Crippen LogP contribution in [0.25, 0.3) is 0 Å². The van der Waals surface area contributed by atoms with Crippen molar-refractivity contribution >= 4 is 11.6 Å². The van der Waals surface area contributed by atoms with Gasteiger partial charge in [-0.15, -0.1) is 0 Å². The topological polar surface area (TPSA) is 20.2 Å². The Bertz CT molecular complexity index is 313. The van der Waals surface area contributed by atoms with Crippen LogP contribution in [0.3, 0.4) is 0 Å². The molecular formula is C10H11ClF2O. The van der Waals surface area contributed by atoms with E-state index < -0.39 is 18.4 Å². The van der Waals surface area contributed by atoms with E-state index in [0.29, 0.717) is 10.6 Å². The fourth-order valence-electron chi connectivity index (χ4n) is 1.04. The fourth-order valence-corrected chi connectivity index (χ4v) is 1.25. The van der Waals surface area contributed by atoms with Gasteiger partial charge in [-0.25, -0.2) is 8.78 Å². The van der Waals surface area contributed by atoms with E-state index in [-0.39, 0.29) is 0 Å². The largest absolute Gasteiger partial charge is 0.387 e. The maximum atomic E-state index is 13.1. The van der Waals surface area contributed by atoms with E-state index in [9.17, 15) is 8.78 Å². The van der Waals surface area contributed by atoms with Gasteiger partial charge in [0.15, 0.2) is 0 Å². The number of hydrogen-bond donors (Lipinski definition) is 1. The molecule has 14 heavy (non-hydrogen) atoms. The summed E-state index contributed by atoms with van der Waals surface area (Å²) in [5, 5.41) is 9.14. The van der Waals surface area contributed by atoms with E-state index in [2.05, 4.69) is 0 Å². The zero-order valence-electron chi connectivity index (χ0n) is 7.67. The van der Waals surface area contributed by atoms with Crippen LogP contribution in [0.5, 0.6) is 0 Å². The molecule has 0 aromatic heterocycles. The molecule has 1 rings (SSSR count). The zero-order valence-corrected chi connectivity index (χ0v) is 8.43. The van der Waals surface area contributed by atoms with Gasteiger partial charge >= 0.3 is 0 Å². The van der Waals surface area contributed by atoms with Crippen LogP contribution in [-0.2, 0) is 6.42 Å². The van der Waals surface area contributed by atoms with E-state index in [1.54, 1.807) is 18.2 Å². The Morgan fingerprint density at radius 3 is 2.50 bits per heavy atom. The molecule has 0 aliphatic rings. The number of hydrogen-bond acceptors (Lipinski definition) is 1. The highest BCUT2D eigenvalue weighted by Crippen LogP contribution is 2.27. The molecule has 1 nitrogen and oxygen atoms in total. The van der Waals surface area contributed by atoms with Gasteiger partial charge < -0.3 is 5.11 Å². The van der Waals surface area contributed by atoms with Crippen LogP contribution in [0.15, 0.2) is 24.3 Å². The number of aliphatic hydroxyl groups excluding tert-OH is 1. The molecule has 0 fully saturated rings. The molecule has 4 heteroatoms. The highest BCUT2D eigenvalue weighted by atomic mass is 35.5. The first-order valence-electron chi connectivity index (χ1n) is 4.23. The Morgan fingerprint density at radius 2 is 2.00 bits per heavy atom. The van der Waals surface area contributed by atoms with Gasteiger partial charge in [0.05, 0.1) is 0 Å². The van der Waals surface area contributed by atoms with E-state index in [1.165, 1.54) is 6.07 Å². The summed E-state index contributed by atoms with van der Waals surface area (Å²) in [6.07, 6.45) is -2.21. The van der Waals surface area contributed by atoms with Crippen LogP contribution >= 0.6 is 11.6 Å². The van der Waals surface area contributed by atoms with Crippen LogP contribution in [0.1, 0.15) is 12.5 Å². The normalized spacial score (nSPS) is 14.1. The first kappa shape index (κ1) is 11.4. The Hall–Kier alpha value is -0.670. The van der Waals surface area contributed by atoms with E-state index in [0.717, 1.165) is 6.92 Å². The maximum absolute atomic E-state index is 13.1. The Balaban J connectivity index is 2.84. The standard InChI is InChI=1S/C10H11ClF2O/c1-7(14)10(12,13)6-8-4-2-3-5-9(8)11/h2-5,7,14H,6H2,1H3. The highest BCUT2D eigenvalue weighted by Gasteiger charge is 2.35. The molecule has 0 amide bonds. The van der Waals surface area contributed by atoms with Gasteiger partial charge in [0.25, 0.3) is 5.92 Å². The van der Waals surface area contributed by atoms with Crippen LogP contribution in [0.2, 0.25) is 5.02 Å². The summed E-state index contributed by atoms with van der Waals surface area (Å²) in [5.74, 6) is -3.13. The smallest absolute Gasteiger partial charge is 0.277 e. The first-order chi connectivity index (χ1) is 6.43. The molecule has 1 atom stereocenters. The number of benzene rings is 1. The summed E-state index contributed by atoms with van der Waals surface area (Å²) < 4.78 is 26.2. The fraction of sp³-hybridized carbons (Fsp3) is 0.400. The van der Waals surface area contributed by atoms with Gasteiger partial charge in [-0.05, 0) is 18.6 Å². The third-order valence-corrected chi connectivity index (χ3v) is 2.36. The predicted molar refractivity (Wildman–Crippen MR) is 51.8 cm³/mol. The summed E-state index contributed by atoms with van der Waals surface area (Å²) in [4.78, 5) is 0. The van der Waals surface area contributed by atoms with Crippen molar-refractivity contribution in [2.75, 3.05) is 0 Å². The number of rotatable bonds is 3. The van der Waals surface area contributed by atoms with Gasteiger partial charge in [-0.1, -0.05) is 29.8 Å². The molecule has 1 aromatic rings. The first-order valence-corrected chi connectivity index (χ1v) is 4.60. The Morgan fingerprint density at radius 1 is 1.43 bits per heavy atom. The van der Waals surface area contributed by atoms with Gasteiger partial charge in [0.2, 0.25) is 0 Å². The predicted octanol–water partition coefficient (Wildman–Crippen LogP) is 2.90. The van der Waals surface area contributed by atoms with Crippen molar-refractivity contribution < 1.29 is 13.9 Å². The minimum atomic E-state index is -3.13. The summed E-state index contributed by atoms with van der Waals surface area (Å²) in [6, 6.07) is 6.39. The quantitative estimate of drug-likeness (QED) is 0.831. The second-order valence-corrected chi connectivity index (χ2v) is 3.61. The number of alkyl halides is 2. The SMILES string of the molecule is CC(O)C(F)(F)Cc1ccccc1Cl. The summed E-state index contributed by atoms with van der Waals surface area (Å²) >= 11 is 5.72. The highest BCUT2D eigenvalue weighted by molar-refractivity contribution is 6.31. The molecule has 0 radical (unpaired) electrons. The molecule has 0 aliphatic carbocycles. The minimum Gasteiger partial charge on any atom is -0.387 e. The Labute approximate surface area is 86.3 Å². The molecule has 1 unspecified atom stereocenters. The summed E-state index contributed by atoms with van der Waals surface area (Å²) in [7, 11) is 0. The van der Waals surface area contributed by atoms with Gasteiger partial charge in [-0.3, -0.25) is 0 Å². The summed E-state index contributed by atoms with van der Waals surface area (Å²) in [5.41, 5.74) is 0.347. The minimum absolute atomic E-state index is 0.299. The molecule has 0 spiro atoms. The molecule has 0 saturated heterocycles. The van der Waals surface area contributed by atoms with E-state index in [1.807, 2.05) is 0 Å². The second kappa shape index (κ2) is 4.24. The van der Waals surface area contributed by atoms with Crippen molar-refractivity contribution in [3.05, 3.63) is 34.9 Å². The molecule has 78 valence electrons. The monoisotopic (exact) mass is 220 g/mol. The average molecular weight is 221 g/mol. The molecule has 1 N–H and O–H groups in total. The molecule has 0 aliphatic heterocycles. The Kier molecular flexibility index (Phi) is 3.45. The van der Waals surface area contributed by atoms with Crippen molar-refractivity contribution in [1.82, 2.24) is 0 Å². The van der Waals surface area contributed by atoms with Crippen molar-refractivity contribution in [3.8, 4) is 0 Å². The lowest BCUT2D eigenvalue weighted by Crippen LogP contribution is -2.33. The number of aliphatic hydroxyl groups is 1. The third kappa shape index (κ3) is 2.66. The lowest BCUT2D eigenvalue weighted by atomic mass is 10.0. The van der Waals surface area contributed by atoms with Gasteiger partial charge in [0, 0.05) is 11.4 Å². The molecule has 0 bridgehead atoms. The van der Waals surface area contributed by atoms with Crippen molar-refractivity contribution in [3.63, 3.8) is 0 Å². The molecule has 0 heterocycles. The number of halogens is 3. The van der Waals surface area contributed by atoms with Crippen LogP contribution in [0.4, 0.5) is 8.78 Å². The summed E-state index contributed by atoms with van der Waals surface area (Å²) in [6.45, 7) is 1.07. The average Bonchev–Trinajstić information content (AvgIpc) is 2.08. The van der Waals surface area contributed by atoms with Gasteiger partial charge in [-0.2, -0.15) is 0 Å². The van der Waals surface area contributed by atoms with Crippen LogP contribution in [-0.4, -0.2) is 17.1 Å². The van der Waals surface area contributed by atoms with Gasteiger partial charge in [0.1, 0.15) is 6.10 Å². The second-order valence-electron chi connectivity index (χ2n) is 3.21.